The Morgan fingerprint density at radius 2 is 1.89 bits per heavy atom. The van der Waals surface area contributed by atoms with Gasteiger partial charge in [0.25, 0.3) is 5.91 Å². The van der Waals surface area contributed by atoms with Gasteiger partial charge in [-0.2, -0.15) is 0 Å². The molecule has 1 atom stereocenters. The zero-order chi connectivity index (χ0) is 26.3. The van der Waals surface area contributed by atoms with Crippen molar-refractivity contribution in [2.45, 2.75) is 17.4 Å². The van der Waals surface area contributed by atoms with E-state index < -0.39 is 21.9 Å². The number of nitrogens with one attached hydrogen (secondary N) is 3. The topological polar surface area (TPSA) is 109 Å². The van der Waals surface area contributed by atoms with E-state index >= 15 is 0 Å². The summed E-state index contributed by atoms with van der Waals surface area (Å²) in [5, 5.41) is 6.00. The van der Waals surface area contributed by atoms with Crippen molar-refractivity contribution in [2.75, 3.05) is 20.2 Å². The lowest BCUT2D eigenvalue weighted by molar-refractivity contribution is 0.0954. The molecule has 3 aromatic rings. The van der Waals surface area contributed by atoms with Gasteiger partial charge in [0, 0.05) is 48.3 Å². The molecular formula is C27H27FN4O4S. The lowest BCUT2D eigenvalue weighted by Gasteiger charge is -2.20. The third kappa shape index (κ3) is 6.60. The van der Waals surface area contributed by atoms with Gasteiger partial charge in [0.1, 0.15) is 16.5 Å². The molecule has 4 rings (SSSR count). The number of sulfonamides is 1. The minimum Gasteiger partial charge on any atom is -0.495 e. The van der Waals surface area contributed by atoms with E-state index in [0.717, 1.165) is 5.70 Å². The van der Waals surface area contributed by atoms with E-state index in [1.165, 1.54) is 25.3 Å². The highest BCUT2D eigenvalue weighted by atomic mass is 32.2. The Hall–Kier alpha value is -4.02. The van der Waals surface area contributed by atoms with Crippen molar-refractivity contribution in [1.29, 1.82) is 0 Å². The standard InChI is InChI=1S/C27H27FN4O4S/c1-36-25-10-9-20(23-7-2-3-8-24(23)28)17-26(25)37(34,35)32-22-6-4-5-21(18-22)30-15-16-31-27(33)19-11-13-29-14-12-19/h2-5,7-14,17-18,22,30,32H,6,15-16H2,1H3,(H,31,33). The quantitative estimate of drug-likeness (QED) is 0.352. The molecule has 2 aromatic carbocycles. The molecule has 0 aliphatic heterocycles. The minimum absolute atomic E-state index is 0.0768. The van der Waals surface area contributed by atoms with Gasteiger partial charge < -0.3 is 15.4 Å². The summed E-state index contributed by atoms with van der Waals surface area (Å²) in [7, 11) is -2.62. The van der Waals surface area contributed by atoms with Crippen molar-refractivity contribution in [1.82, 2.24) is 20.3 Å². The van der Waals surface area contributed by atoms with Crippen LogP contribution in [0.25, 0.3) is 11.1 Å². The third-order valence-corrected chi connectivity index (χ3v) is 7.21. The number of methoxy groups -OCH3 is 1. The van der Waals surface area contributed by atoms with Gasteiger partial charge in [0.2, 0.25) is 10.0 Å². The average molecular weight is 523 g/mol. The van der Waals surface area contributed by atoms with Crippen LogP contribution in [0.3, 0.4) is 0 Å². The summed E-state index contributed by atoms with van der Waals surface area (Å²) in [6.07, 6.45) is 9.05. The van der Waals surface area contributed by atoms with Crippen molar-refractivity contribution in [3.05, 3.63) is 102 Å². The summed E-state index contributed by atoms with van der Waals surface area (Å²) in [6, 6.07) is 13.5. The van der Waals surface area contributed by atoms with E-state index in [2.05, 4.69) is 20.3 Å². The van der Waals surface area contributed by atoms with Crippen LogP contribution in [0.4, 0.5) is 4.39 Å². The maximum absolute atomic E-state index is 14.3. The molecule has 0 saturated heterocycles. The van der Waals surface area contributed by atoms with Gasteiger partial charge in [-0.25, -0.2) is 17.5 Å². The number of nitrogens with zero attached hydrogens (tertiary/aromatic N) is 1. The van der Waals surface area contributed by atoms with Crippen LogP contribution in [0.1, 0.15) is 16.8 Å². The molecule has 10 heteroatoms. The second-order valence-corrected chi connectivity index (χ2v) is 9.93. The Labute approximate surface area is 215 Å². The number of hydrogen-bond acceptors (Lipinski definition) is 6. The van der Waals surface area contributed by atoms with E-state index in [1.54, 1.807) is 54.9 Å². The highest BCUT2D eigenvalue weighted by Crippen LogP contribution is 2.31. The average Bonchev–Trinajstić information content (AvgIpc) is 2.91. The minimum atomic E-state index is -4.00. The Morgan fingerprint density at radius 1 is 1.11 bits per heavy atom. The van der Waals surface area contributed by atoms with Crippen LogP contribution < -0.4 is 20.1 Å². The molecule has 8 nitrogen and oxygen atoms in total. The number of halogens is 1. The number of amides is 1. The molecule has 1 aliphatic rings. The molecule has 0 radical (unpaired) electrons. The fraction of sp³-hybridized carbons (Fsp3) is 0.185. The molecule has 1 amide bonds. The maximum atomic E-state index is 14.3. The molecule has 1 heterocycles. The van der Waals surface area contributed by atoms with Gasteiger partial charge in [0.15, 0.2) is 0 Å². The molecule has 192 valence electrons. The van der Waals surface area contributed by atoms with Crippen LogP contribution >= 0.6 is 0 Å². The van der Waals surface area contributed by atoms with Gasteiger partial charge in [-0.3, -0.25) is 9.78 Å². The smallest absolute Gasteiger partial charge is 0.251 e. The predicted octanol–water partition coefficient (Wildman–Crippen LogP) is 3.41. The van der Waals surface area contributed by atoms with Gasteiger partial charge in [-0.05, 0) is 54.5 Å². The molecule has 3 N–H and O–H groups in total. The van der Waals surface area contributed by atoms with Crippen molar-refractivity contribution in [3.8, 4) is 16.9 Å². The van der Waals surface area contributed by atoms with Crippen molar-refractivity contribution in [2.24, 2.45) is 0 Å². The second-order valence-electron chi connectivity index (χ2n) is 8.25. The van der Waals surface area contributed by atoms with E-state index in [9.17, 15) is 17.6 Å². The highest BCUT2D eigenvalue weighted by Gasteiger charge is 2.24. The lowest BCUT2D eigenvalue weighted by atomic mass is 10.1. The normalized spacial score (nSPS) is 15.1. The maximum Gasteiger partial charge on any atom is 0.251 e. The second kappa shape index (κ2) is 11.8. The zero-order valence-corrected chi connectivity index (χ0v) is 21.0. The summed E-state index contributed by atoms with van der Waals surface area (Å²) in [6.45, 7) is 0.827. The summed E-state index contributed by atoms with van der Waals surface area (Å²) >= 11 is 0. The molecule has 0 spiro atoms. The first-order valence-corrected chi connectivity index (χ1v) is 13.1. The predicted molar refractivity (Wildman–Crippen MR) is 139 cm³/mol. The first kappa shape index (κ1) is 26.1. The number of carbonyl (C=O) groups is 1. The molecule has 0 bridgehead atoms. The molecule has 1 aromatic heterocycles. The fourth-order valence-electron chi connectivity index (χ4n) is 3.88. The van der Waals surface area contributed by atoms with E-state index in [-0.39, 0.29) is 16.6 Å². The first-order chi connectivity index (χ1) is 17.9. The van der Waals surface area contributed by atoms with Crippen LogP contribution in [-0.2, 0) is 10.0 Å². The Bertz CT molecular complexity index is 1430. The molecule has 1 aliphatic carbocycles. The highest BCUT2D eigenvalue weighted by molar-refractivity contribution is 7.89. The van der Waals surface area contributed by atoms with Crippen LogP contribution in [0, 0.1) is 5.82 Å². The van der Waals surface area contributed by atoms with Crippen LogP contribution in [0.2, 0.25) is 0 Å². The third-order valence-electron chi connectivity index (χ3n) is 5.69. The van der Waals surface area contributed by atoms with E-state index in [1.807, 2.05) is 12.2 Å². The summed E-state index contributed by atoms with van der Waals surface area (Å²) in [5.74, 6) is -0.488. The number of hydrogen-bond donors (Lipinski definition) is 3. The SMILES string of the molecule is COc1ccc(-c2ccccc2F)cc1S(=O)(=O)NC1C=C(NCCNC(=O)c2ccncc2)C=CC1. The largest absolute Gasteiger partial charge is 0.495 e. The van der Waals surface area contributed by atoms with Gasteiger partial charge in [-0.1, -0.05) is 30.3 Å². The molecule has 37 heavy (non-hydrogen) atoms. The van der Waals surface area contributed by atoms with Gasteiger partial charge in [-0.15, -0.1) is 0 Å². The van der Waals surface area contributed by atoms with Crippen molar-refractivity contribution >= 4 is 15.9 Å². The van der Waals surface area contributed by atoms with Crippen molar-refractivity contribution in [3.63, 3.8) is 0 Å². The fourth-order valence-corrected chi connectivity index (χ4v) is 5.27. The van der Waals surface area contributed by atoms with Crippen LogP contribution in [0.5, 0.6) is 5.75 Å². The number of rotatable bonds is 10. The van der Waals surface area contributed by atoms with E-state index in [4.69, 9.17) is 4.74 Å². The molecule has 1 unspecified atom stereocenters. The first-order valence-electron chi connectivity index (χ1n) is 11.6. The van der Waals surface area contributed by atoms with E-state index in [0.29, 0.717) is 36.2 Å². The monoisotopic (exact) mass is 522 g/mol. The Kier molecular flexibility index (Phi) is 8.32. The lowest BCUT2D eigenvalue weighted by Crippen LogP contribution is -2.36. The molecule has 0 saturated carbocycles. The van der Waals surface area contributed by atoms with Gasteiger partial charge in [0.05, 0.1) is 7.11 Å². The van der Waals surface area contributed by atoms with Crippen molar-refractivity contribution < 1.29 is 22.3 Å². The molecular weight excluding hydrogens is 495 g/mol. The number of aromatic nitrogens is 1. The number of allylic oxidation sites excluding steroid dienone is 1. The number of benzene rings is 2. The summed E-state index contributed by atoms with van der Waals surface area (Å²) in [5.41, 5.74) is 1.97. The van der Waals surface area contributed by atoms with Gasteiger partial charge >= 0.3 is 0 Å². The number of carbonyl (C=O) groups excluding carboxylic acids is 1. The summed E-state index contributed by atoms with van der Waals surface area (Å²) in [4.78, 5) is 15.9. The molecule has 0 fully saturated rings. The Balaban J connectivity index is 1.41. The van der Waals surface area contributed by atoms with Crippen LogP contribution in [0.15, 0.2) is 95.8 Å². The zero-order valence-electron chi connectivity index (χ0n) is 20.1. The van der Waals surface area contributed by atoms with Crippen LogP contribution in [-0.4, -0.2) is 45.6 Å². The number of ether oxygens (including phenoxy) is 1. The Morgan fingerprint density at radius 3 is 2.65 bits per heavy atom. The summed E-state index contributed by atoms with van der Waals surface area (Å²) < 4.78 is 48.9. The number of pyridine rings is 1.